The second-order valence-electron chi connectivity index (χ2n) is 4.17. The van der Waals surface area contributed by atoms with Gasteiger partial charge in [0.05, 0.1) is 13.2 Å². The molecule has 1 aromatic rings. The maximum atomic E-state index is 11.5. The zero-order valence-corrected chi connectivity index (χ0v) is 12.4. The molecule has 0 heterocycles. The van der Waals surface area contributed by atoms with Crippen molar-refractivity contribution in [3.8, 4) is 0 Å². The fourth-order valence-corrected chi connectivity index (χ4v) is 1.55. The number of esters is 2. The van der Waals surface area contributed by atoms with Crippen LogP contribution in [0.25, 0.3) is 0 Å². The molecule has 0 aliphatic heterocycles. The highest BCUT2D eigenvalue weighted by molar-refractivity contribution is 5.91. The molecule has 1 aromatic carbocycles. The molecule has 118 valence electrons. The Kier molecular flexibility index (Phi) is 7.18. The minimum absolute atomic E-state index is 0.0677. The van der Waals surface area contributed by atoms with Crippen LogP contribution in [0.3, 0.4) is 0 Å². The van der Waals surface area contributed by atoms with Gasteiger partial charge in [-0.1, -0.05) is 30.3 Å². The van der Waals surface area contributed by atoms with Crippen LogP contribution in [0.5, 0.6) is 0 Å². The first-order valence-electron chi connectivity index (χ1n) is 6.52. The smallest absolute Gasteiger partial charge is 0.331 e. The summed E-state index contributed by atoms with van der Waals surface area (Å²) in [6, 6.07) is 8.18. The molecule has 0 aromatic heterocycles. The van der Waals surface area contributed by atoms with Crippen LogP contribution in [-0.4, -0.2) is 38.7 Å². The zero-order chi connectivity index (χ0) is 16.4. The Hall–Kier alpha value is -2.83. The summed E-state index contributed by atoms with van der Waals surface area (Å²) in [6.07, 6.45) is 1.93. The summed E-state index contributed by atoms with van der Waals surface area (Å²) in [5.41, 5.74) is 0.788. The van der Waals surface area contributed by atoms with Crippen LogP contribution in [0, 0.1) is 0 Å². The van der Waals surface area contributed by atoms with Gasteiger partial charge in [0.25, 0.3) is 0 Å². The fourth-order valence-electron chi connectivity index (χ4n) is 1.55. The Morgan fingerprint density at radius 3 is 2.36 bits per heavy atom. The van der Waals surface area contributed by atoms with Gasteiger partial charge in [0.15, 0.2) is 0 Å². The Morgan fingerprint density at radius 2 is 1.77 bits per heavy atom. The number of benzene rings is 1. The lowest BCUT2D eigenvalue weighted by molar-refractivity contribution is -0.139. The lowest BCUT2D eigenvalue weighted by Crippen LogP contribution is -2.38. The standard InChI is InChI=1S/C15H18N2O5/c1-16-15(20)17-12(11-6-4-3-5-7-11)10-22-14(19)9-8-13(18)21-2/h3-9,12H,10H2,1-2H3,(H2,16,17,20)/b9-8+/t12-/m0/s1. The van der Waals surface area contributed by atoms with Gasteiger partial charge in [-0.3, -0.25) is 0 Å². The zero-order valence-electron chi connectivity index (χ0n) is 12.4. The number of methoxy groups -OCH3 is 1. The molecular formula is C15H18N2O5. The summed E-state index contributed by atoms with van der Waals surface area (Å²) in [5.74, 6) is -1.36. The van der Waals surface area contributed by atoms with Crippen molar-refractivity contribution in [3.63, 3.8) is 0 Å². The van der Waals surface area contributed by atoms with E-state index in [4.69, 9.17) is 4.74 Å². The number of ether oxygens (including phenoxy) is 2. The van der Waals surface area contributed by atoms with Crippen LogP contribution in [0.1, 0.15) is 11.6 Å². The van der Waals surface area contributed by atoms with Crippen LogP contribution in [0.4, 0.5) is 4.79 Å². The third-order valence-corrected chi connectivity index (χ3v) is 2.68. The molecule has 22 heavy (non-hydrogen) atoms. The Bertz CT molecular complexity index is 542. The third-order valence-electron chi connectivity index (χ3n) is 2.68. The predicted octanol–water partition coefficient (Wildman–Crippen LogP) is 0.929. The van der Waals surface area contributed by atoms with Gasteiger partial charge in [0.2, 0.25) is 0 Å². The summed E-state index contributed by atoms with van der Waals surface area (Å²) in [4.78, 5) is 33.8. The number of urea groups is 1. The second-order valence-corrected chi connectivity index (χ2v) is 4.17. The van der Waals surface area contributed by atoms with Gasteiger partial charge in [0.1, 0.15) is 6.61 Å². The van der Waals surface area contributed by atoms with E-state index in [1.165, 1.54) is 14.2 Å². The highest BCUT2D eigenvalue weighted by atomic mass is 16.5. The number of carbonyl (C=O) groups excluding carboxylic acids is 3. The molecule has 2 amide bonds. The van der Waals surface area contributed by atoms with Crippen LogP contribution >= 0.6 is 0 Å². The minimum Gasteiger partial charge on any atom is -0.466 e. The SMILES string of the molecule is CNC(=O)N[C@@H](COC(=O)/C=C/C(=O)OC)c1ccccc1. The van der Waals surface area contributed by atoms with Gasteiger partial charge in [0, 0.05) is 19.2 Å². The normalized spacial score (nSPS) is 11.5. The number of amides is 2. The first-order valence-corrected chi connectivity index (χ1v) is 6.52. The molecule has 0 unspecified atom stereocenters. The number of hydrogen-bond donors (Lipinski definition) is 2. The average molecular weight is 306 g/mol. The molecule has 0 saturated heterocycles. The third kappa shape index (κ3) is 6.08. The van der Waals surface area contributed by atoms with E-state index in [2.05, 4.69) is 15.4 Å². The topological polar surface area (TPSA) is 93.7 Å². The van der Waals surface area contributed by atoms with Crippen molar-refractivity contribution >= 4 is 18.0 Å². The van der Waals surface area contributed by atoms with E-state index in [-0.39, 0.29) is 6.61 Å². The van der Waals surface area contributed by atoms with Crippen molar-refractivity contribution in [2.24, 2.45) is 0 Å². The van der Waals surface area contributed by atoms with Crippen molar-refractivity contribution in [2.45, 2.75) is 6.04 Å². The number of carbonyl (C=O) groups is 3. The molecule has 7 heteroatoms. The molecule has 0 saturated carbocycles. The van der Waals surface area contributed by atoms with E-state index in [1.54, 1.807) is 12.1 Å². The van der Waals surface area contributed by atoms with Crippen LogP contribution in [0.2, 0.25) is 0 Å². The van der Waals surface area contributed by atoms with Crippen molar-refractivity contribution in [1.82, 2.24) is 10.6 Å². The molecule has 0 radical (unpaired) electrons. The molecule has 0 bridgehead atoms. The molecule has 1 rings (SSSR count). The van der Waals surface area contributed by atoms with Crippen LogP contribution < -0.4 is 10.6 Å². The van der Waals surface area contributed by atoms with Gasteiger partial charge in [-0.05, 0) is 5.56 Å². The highest BCUT2D eigenvalue weighted by Crippen LogP contribution is 2.13. The Labute approximate surface area is 128 Å². The van der Waals surface area contributed by atoms with E-state index in [0.29, 0.717) is 0 Å². The van der Waals surface area contributed by atoms with Crippen LogP contribution in [-0.2, 0) is 19.1 Å². The van der Waals surface area contributed by atoms with E-state index in [1.807, 2.05) is 18.2 Å². The van der Waals surface area contributed by atoms with E-state index < -0.39 is 24.0 Å². The summed E-state index contributed by atoms with van der Waals surface area (Å²) in [5, 5.41) is 5.11. The summed E-state index contributed by atoms with van der Waals surface area (Å²) < 4.78 is 9.39. The van der Waals surface area contributed by atoms with Gasteiger partial charge in [-0.15, -0.1) is 0 Å². The number of hydrogen-bond acceptors (Lipinski definition) is 5. The molecule has 2 N–H and O–H groups in total. The van der Waals surface area contributed by atoms with E-state index in [0.717, 1.165) is 17.7 Å². The molecule has 0 aliphatic rings. The average Bonchev–Trinajstić information content (AvgIpc) is 2.56. The molecule has 1 atom stereocenters. The van der Waals surface area contributed by atoms with Crippen LogP contribution in [0.15, 0.2) is 42.5 Å². The highest BCUT2D eigenvalue weighted by Gasteiger charge is 2.15. The molecule has 0 fully saturated rings. The first-order chi connectivity index (χ1) is 10.6. The number of nitrogens with one attached hydrogen (secondary N) is 2. The van der Waals surface area contributed by atoms with Crippen molar-refractivity contribution in [1.29, 1.82) is 0 Å². The molecular weight excluding hydrogens is 288 g/mol. The molecule has 0 spiro atoms. The molecule has 0 aliphatic carbocycles. The maximum absolute atomic E-state index is 11.5. The van der Waals surface area contributed by atoms with Gasteiger partial charge in [-0.2, -0.15) is 0 Å². The lowest BCUT2D eigenvalue weighted by atomic mass is 10.1. The quantitative estimate of drug-likeness (QED) is 0.602. The van der Waals surface area contributed by atoms with Gasteiger partial charge < -0.3 is 20.1 Å². The Balaban J connectivity index is 2.65. The fraction of sp³-hybridized carbons (Fsp3) is 0.267. The number of rotatable bonds is 6. The van der Waals surface area contributed by atoms with E-state index in [9.17, 15) is 14.4 Å². The van der Waals surface area contributed by atoms with Gasteiger partial charge in [-0.25, -0.2) is 14.4 Å². The summed E-state index contributed by atoms with van der Waals surface area (Å²) >= 11 is 0. The summed E-state index contributed by atoms with van der Waals surface area (Å²) in [6.45, 7) is -0.0677. The van der Waals surface area contributed by atoms with Gasteiger partial charge >= 0.3 is 18.0 Å². The largest absolute Gasteiger partial charge is 0.466 e. The first kappa shape index (κ1) is 17.2. The lowest BCUT2D eigenvalue weighted by Gasteiger charge is -2.18. The van der Waals surface area contributed by atoms with Crippen molar-refractivity contribution in [2.75, 3.05) is 20.8 Å². The monoisotopic (exact) mass is 306 g/mol. The predicted molar refractivity (Wildman–Crippen MR) is 78.9 cm³/mol. The summed E-state index contributed by atoms with van der Waals surface area (Å²) in [7, 11) is 2.69. The van der Waals surface area contributed by atoms with Crippen molar-refractivity contribution < 1.29 is 23.9 Å². The second kappa shape index (κ2) is 9.17. The van der Waals surface area contributed by atoms with E-state index >= 15 is 0 Å². The van der Waals surface area contributed by atoms with Crippen molar-refractivity contribution in [3.05, 3.63) is 48.0 Å². The minimum atomic E-state index is -0.704. The Morgan fingerprint density at radius 1 is 1.14 bits per heavy atom. The maximum Gasteiger partial charge on any atom is 0.331 e. The molecule has 7 nitrogen and oxygen atoms in total.